The number of ether oxygens (including phenoxy) is 1. The van der Waals surface area contributed by atoms with Crippen LogP contribution in [0.3, 0.4) is 0 Å². The monoisotopic (exact) mass is 266 g/mol. The van der Waals surface area contributed by atoms with Crippen molar-refractivity contribution in [2.24, 2.45) is 23.7 Å². The van der Waals surface area contributed by atoms with Crippen molar-refractivity contribution >= 4 is 5.97 Å². The maximum atomic E-state index is 11.8. The molecule has 6 atom stereocenters. The minimum Gasteiger partial charge on any atom is -0.461 e. The van der Waals surface area contributed by atoms with Crippen molar-refractivity contribution < 1.29 is 19.7 Å². The van der Waals surface area contributed by atoms with E-state index in [4.69, 9.17) is 4.74 Å². The molecule has 0 aromatic heterocycles. The Balaban J connectivity index is 1.99. The maximum Gasteiger partial charge on any atom is 0.309 e. The van der Waals surface area contributed by atoms with Crippen molar-refractivity contribution in [1.82, 2.24) is 0 Å². The van der Waals surface area contributed by atoms with E-state index in [0.717, 1.165) is 24.8 Å². The van der Waals surface area contributed by atoms with E-state index in [-0.39, 0.29) is 42.4 Å². The molecule has 0 amide bonds. The Hall–Kier alpha value is -0.870. The molecule has 4 heteroatoms. The zero-order chi connectivity index (χ0) is 13.8. The van der Waals surface area contributed by atoms with Crippen molar-refractivity contribution in [3.8, 4) is 0 Å². The van der Waals surface area contributed by atoms with E-state index in [0.29, 0.717) is 6.42 Å². The second-order valence-electron chi connectivity index (χ2n) is 6.48. The minimum atomic E-state index is -1.04. The van der Waals surface area contributed by atoms with E-state index in [1.807, 2.05) is 6.92 Å². The lowest BCUT2D eigenvalue weighted by Gasteiger charge is -2.35. The van der Waals surface area contributed by atoms with E-state index in [2.05, 4.69) is 6.58 Å². The molecule has 0 aromatic rings. The fourth-order valence-electron chi connectivity index (χ4n) is 4.38. The van der Waals surface area contributed by atoms with Crippen LogP contribution in [-0.2, 0) is 9.53 Å². The van der Waals surface area contributed by atoms with Gasteiger partial charge >= 0.3 is 5.97 Å². The molecule has 0 unspecified atom stereocenters. The highest BCUT2D eigenvalue weighted by Gasteiger charge is 2.57. The standard InChI is InChI=1S/C15H22O4/c1-8-3-4-11-12(8)13-10(9(2)14(17)19-13)5-6-15(11,18)7-16/h9-13,16,18H,1,3-7H2,2H3/t9-,10-,11+,12-,13-,15+/m0/s1. The van der Waals surface area contributed by atoms with Gasteiger partial charge in [0.05, 0.1) is 18.1 Å². The summed E-state index contributed by atoms with van der Waals surface area (Å²) in [5, 5.41) is 20.3. The van der Waals surface area contributed by atoms with Gasteiger partial charge < -0.3 is 14.9 Å². The molecule has 106 valence electrons. The molecule has 1 heterocycles. The van der Waals surface area contributed by atoms with E-state index in [9.17, 15) is 15.0 Å². The van der Waals surface area contributed by atoms with Crippen molar-refractivity contribution in [2.75, 3.05) is 6.61 Å². The first kappa shape index (κ1) is 13.1. The number of aliphatic hydroxyl groups excluding tert-OH is 1. The van der Waals surface area contributed by atoms with Crippen LogP contribution in [0.1, 0.15) is 32.6 Å². The molecule has 4 nitrogen and oxygen atoms in total. The molecule has 1 saturated heterocycles. The van der Waals surface area contributed by atoms with Gasteiger partial charge in [-0.3, -0.25) is 4.79 Å². The molecule has 1 aliphatic heterocycles. The Morgan fingerprint density at radius 3 is 2.89 bits per heavy atom. The summed E-state index contributed by atoms with van der Waals surface area (Å²) in [7, 11) is 0. The van der Waals surface area contributed by atoms with Crippen LogP contribution in [0.15, 0.2) is 12.2 Å². The smallest absolute Gasteiger partial charge is 0.309 e. The van der Waals surface area contributed by atoms with Crippen LogP contribution in [0.2, 0.25) is 0 Å². The summed E-state index contributed by atoms with van der Waals surface area (Å²) in [6.45, 7) is 5.79. The predicted octanol–water partition coefficient (Wildman–Crippen LogP) is 1.26. The molecular formula is C15H22O4. The molecule has 0 radical (unpaired) electrons. The van der Waals surface area contributed by atoms with Crippen LogP contribution in [0.5, 0.6) is 0 Å². The molecule has 0 aromatic carbocycles. The normalized spacial score (nSPS) is 49.5. The van der Waals surface area contributed by atoms with Crippen molar-refractivity contribution in [1.29, 1.82) is 0 Å². The lowest BCUT2D eigenvalue weighted by atomic mass is 9.77. The highest BCUT2D eigenvalue weighted by Crippen LogP contribution is 2.53. The van der Waals surface area contributed by atoms with E-state index in [1.54, 1.807) is 0 Å². The second kappa shape index (κ2) is 4.32. The molecule has 2 aliphatic carbocycles. The molecule has 3 aliphatic rings. The summed E-state index contributed by atoms with van der Waals surface area (Å²) in [6, 6.07) is 0. The highest BCUT2D eigenvalue weighted by atomic mass is 16.6. The molecule has 19 heavy (non-hydrogen) atoms. The molecule has 0 spiro atoms. The van der Waals surface area contributed by atoms with Gasteiger partial charge in [0.1, 0.15) is 6.10 Å². The summed E-state index contributed by atoms with van der Waals surface area (Å²) >= 11 is 0. The molecule has 3 rings (SSSR count). The number of rotatable bonds is 1. The average Bonchev–Trinajstić information content (AvgIpc) is 2.86. The van der Waals surface area contributed by atoms with Gasteiger partial charge in [0.2, 0.25) is 0 Å². The lowest BCUT2D eigenvalue weighted by molar-refractivity contribution is -0.147. The lowest BCUT2D eigenvalue weighted by Crippen LogP contribution is -2.44. The van der Waals surface area contributed by atoms with E-state index >= 15 is 0 Å². The first-order valence-corrected chi connectivity index (χ1v) is 7.19. The van der Waals surface area contributed by atoms with Crippen LogP contribution >= 0.6 is 0 Å². The molecular weight excluding hydrogens is 244 g/mol. The average molecular weight is 266 g/mol. The number of carbonyl (C=O) groups excluding carboxylic acids is 1. The summed E-state index contributed by atoms with van der Waals surface area (Å²) in [5.41, 5.74) is 0.0243. The van der Waals surface area contributed by atoms with Gasteiger partial charge in [-0.25, -0.2) is 0 Å². The van der Waals surface area contributed by atoms with Crippen LogP contribution in [0.4, 0.5) is 0 Å². The number of hydrogen-bond acceptors (Lipinski definition) is 4. The van der Waals surface area contributed by atoms with Crippen LogP contribution in [-0.4, -0.2) is 34.5 Å². The minimum absolute atomic E-state index is 0.0125. The summed E-state index contributed by atoms with van der Waals surface area (Å²) in [4.78, 5) is 11.8. The van der Waals surface area contributed by atoms with Crippen molar-refractivity contribution in [3.05, 3.63) is 12.2 Å². The fourth-order valence-corrected chi connectivity index (χ4v) is 4.38. The predicted molar refractivity (Wildman–Crippen MR) is 69.2 cm³/mol. The van der Waals surface area contributed by atoms with E-state index in [1.165, 1.54) is 0 Å². The molecule has 3 fully saturated rings. The summed E-state index contributed by atoms with van der Waals surface area (Å²) in [6.07, 6.45) is 2.81. The van der Waals surface area contributed by atoms with Gasteiger partial charge in [-0.15, -0.1) is 0 Å². The number of hydrogen-bond donors (Lipinski definition) is 2. The Morgan fingerprint density at radius 1 is 1.47 bits per heavy atom. The first-order chi connectivity index (χ1) is 8.98. The van der Waals surface area contributed by atoms with Crippen LogP contribution in [0, 0.1) is 23.7 Å². The number of esters is 1. The zero-order valence-electron chi connectivity index (χ0n) is 11.3. The highest BCUT2D eigenvalue weighted by molar-refractivity contribution is 5.75. The summed E-state index contributed by atoms with van der Waals surface area (Å²) in [5.74, 6) is -0.102. The van der Waals surface area contributed by atoms with Crippen molar-refractivity contribution in [3.63, 3.8) is 0 Å². The maximum absolute atomic E-state index is 11.8. The third kappa shape index (κ3) is 1.77. The van der Waals surface area contributed by atoms with Gasteiger partial charge in [-0.2, -0.15) is 0 Å². The fraction of sp³-hybridized carbons (Fsp3) is 0.800. The van der Waals surface area contributed by atoms with E-state index < -0.39 is 5.60 Å². The number of fused-ring (bicyclic) bond motifs is 3. The summed E-state index contributed by atoms with van der Waals surface area (Å²) < 4.78 is 5.59. The van der Waals surface area contributed by atoms with Crippen LogP contribution in [0.25, 0.3) is 0 Å². The molecule has 0 bridgehead atoms. The Bertz CT molecular complexity index is 418. The van der Waals surface area contributed by atoms with Crippen molar-refractivity contribution in [2.45, 2.75) is 44.3 Å². The first-order valence-electron chi connectivity index (χ1n) is 7.19. The molecule has 2 saturated carbocycles. The third-order valence-corrected chi connectivity index (χ3v) is 5.60. The van der Waals surface area contributed by atoms with Gasteiger partial charge in [-0.05, 0) is 25.7 Å². The largest absolute Gasteiger partial charge is 0.461 e. The third-order valence-electron chi connectivity index (χ3n) is 5.60. The SMILES string of the molecule is C=C1CC[C@@H]2[C@H]1[C@H]1OC(=O)[C@@H](C)[C@@H]1CC[C@@]2(O)CO. The Morgan fingerprint density at radius 2 is 2.21 bits per heavy atom. The second-order valence-corrected chi connectivity index (χ2v) is 6.48. The Kier molecular flexibility index (Phi) is 2.98. The topological polar surface area (TPSA) is 66.8 Å². The number of carbonyl (C=O) groups is 1. The Labute approximate surface area is 113 Å². The number of aliphatic hydroxyl groups is 2. The molecule has 2 N–H and O–H groups in total. The van der Waals surface area contributed by atoms with Gasteiger partial charge in [0, 0.05) is 17.8 Å². The van der Waals surface area contributed by atoms with Crippen LogP contribution < -0.4 is 0 Å². The quantitative estimate of drug-likeness (QED) is 0.554. The van der Waals surface area contributed by atoms with Gasteiger partial charge in [-0.1, -0.05) is 19.1 Å². The van der Waals surface area contributed by atoms with Gasteiger partial charge in [0.25, 0.3) is 0 Å². The van der Waals surface area contributed by atoms with Gasteiger partial charge in [0.15, 0.2) is 0 Å². The zero-order valence-corrected chi connectivity index (χ0v) is 11.3.